The number of hydrogen-bond acceptors (Lipinski definition) is 6. The van der Waals surface area contributed by atoms with Crippen molar-refractivity contribution in [1.82, 2.24) is 0 Å². The maximum Gasteiger partial charge on any atom is 2.00 e. The Morgan fingerprint density at radius 3 is 0.781 bits per heavy atom. The molecule has 408 valence electrons. The third kappa shape index (κ3) is 30.5. The summed E-state index contributed by atoms with van der Waals surface area (Å²) in [5, 5.41) is 3.98. The monoisotopic (exact) mass is 1170 g/mol. The first-order chi connectivity index (χ1) is 34.9. The topological polar surface area (TPSA) is 114 Å². The molecule has 0 amide bonds. The molecule has 4 aromatic carbocycles. The normalized spacial score (nSPS) is 11.8. The fourth-order valence-electron chi connectivity index (χ4n) is 10.5. The molecule has 0 aliphatic carbocycles. The molecule has 0 saturated heterocycles. The number of unbranched alkanes of at least 4 members (excludes halogenated alkanes) is 32. The van der Waals surface area contributed by atoms with Crippen LogP contribution in [-0.4, -0.2) is 74.8 Å². The summed E-state index contributed by atoms with van der Waals surface area (Å²) in [6.45, 7) is 9.04. The van der Waals surface area contributed by atoms with Crippen molar-refractivity contribution >= 4 is 90.7 Å². The van der Waals surface area contributed by atoms with E-state index in [1.54, 1.807) is 12.1 Å². The van der Waals surface area contributed by atoms with Gasteiger partial charge in [-0.05, 0) is 119 Å². The van der Waals surface area contributed by atoms with Gasteiger partial charge in [0.05, 0.1) is 9.79 Å². The van der Waals surface area contributed by atoms with Crippen molar-refractivity contribution in [3.05, 3.63) is 82.9 Å². The van der Waals surface area contributed by atoms with Gasteiger partial charge in [-0.1, -0.05) is 270 Å². The SMILES string of the molecule is CCCCCCCCCCCc1cc(CCCCCCCCCCC)c2cc(S(=O)(=O)[O-])ccc2c1.CCCCCCCCCCCc1cc(CCCCCCCCCCC)c2cc(S(=O)(=O)[O-])ccc2c1.[Ba+2]. The van der Waals surface area contributed by atoms with Gasteiger partial charge in [0.15, 0.2) is 0 Å². The van der Waals surface area contributed by atoms with E-state index in [4.69, 9.17) is 0 Å². The number of hydrogen-bond donors (Lipinski definition) is 0. The fourth-order valence-corrected chi connectivity index (χ4v) is 11.5. The van der Waals surface area contributed by atoms with Crippen molar-refractivity contribution < 1.29 is 25.9 Å². The molecule has 6 nitrogen and oxygen atoms in total. The standard InChI is InChI=1S/2C32H52O3S.Ba/c2*1-3-5-7-9-11-13-15-17-19-21-28-25-29(22-20-18-16-14-12-10-8-6-4-2)32-27-31(36(33,34)35)24-23-30(32)26-28;/h2*23-27H,3-22H2,1-2H3,(H,33,34,35);/q;;+2/p-2. The van der Waals surface area contributed by atoms with E-state index < -0.39 is 20.2 Å². The average molecular weight is 1170 g/mol. The summed E-state index contributed by atoms with van der Waals surface area (Å²) >= 11 is 0. The average Bonchev–Trinajstić information content (AvgIpc) is 3.36. The van der Waals surface area contributed by atoms with E-state index in [2.05, 4.69) is 52.0 Å². The van der Waals surface area contributed by atoms with Crippen LogP contribution in [0.1, 0.15) is 281 Å². The molecule has 0 heterocycles. The van der Waals surface area contributed by atoms with Crippen LogP contribution in [0.25, 0.3) is 21.5 Å². The van der Waals surface area contributed by atoms with E-state index >= 15 is 0 Å². The second kappa shape index (κ2) is 41.8. The zero-order valence-corrected chi connectivity index (χ0v) is 53.1. The van der Waals surface area contributed by atoms with Gasteiger partial charge in [-0.2, -0.15) is 0 Å². The molecule has 0 N–H and O–H groups in total. The Bertz CT molecular complexity index is 2100. The smallest absolute Gasteiger partial charge is 0.744 e. The molecule has 9 heteroatoms. The molecular formula is C64H102BaO6S2. The van der Waals surface area contributed by atoms with Gasteiger partial charge in [0.1, 0.15) is 20.2 Å². The Labute approximate surface area is 489 Å². The van der Waals surface area contributed by atoms with Crippen molar-refractivity contribution in [2.75, 3.05) is 0 Å². The first kappa shape index (κ1) is 67.9. The minimum atomic E-state index is -4.44. The van der Waals surface area contributed by atoms with Crippen LogP contribution in [0.3, 0.4) is 0 Å². The quantitative estimate of drug-likeness (QED) is 0.0248. The zero-order valence-electron chi connectivity index (χ0n) is 47.0. The number of aryl methyl sites for hydroxylation is 4. The summed E-state index contributed by atoms with van der Waals surface area (Å²) in [6, 6.07) is 18.7. The summed E-state index contributed by atoms with van der Waals surface area (Å²) in [5.74, 6) is 0. The van der Waals surface area contributed by atoms with Crippen LogP contribution >= 0.6 is 0 Å². The molecule has 4 aromatic rings. The van der Waals surface area contributed by atoms with E-state index in [0.717, 1.165) is 60.1 Å². The summed E-state index contributed by atoms with van der Waals surface area (Å²) in [4.78, 5) is -0.231. The van der Waals surface area contributed by atoms with Crippen LogP contribution in [0.15, 0.2) is 70.5 Å². The van der Waals surface area contributed by atoms with Gasteiger partial charge in [0.2, 0.25) is 0 Å². The van der Waals surface area contributed by atoms with E-state index in [1.165, 1.54) is 253 Å². The molecule has 0 radical (unpaired) electrons. The molecule has 73 heavy (non-hydrogen) atoms. The first-order valence-corrected chi connectivity index (χ1v) is 32.8. The van der Waals surface area contributed by atoms with Crippen molar-refractivity contribution in [2.24, 2.45) is 0 Å². The second-order valence-corrected chi connectivity index (χ2v) is 24.3. The van der Waals surface area contributed by atoms with Gasteiger partial charge in [-0.25, -0.2) is 16.8 Å². The van der Waals surface area contributed by atoms with E-state index in [-0.39, 0.29) is 58.7 Å². The molecule has 0 aliphatic rings. The predicted octanol–water partition coefficient (Wildman–Crippen LogP) is 19.4. The van der Waals surface area contributed by atoms with Crippen LogP contribution in [-0.2, 0) is 45.9 Å². The largest absolute Gasteiger partial charge is 2.00 e. The van der Waals surface area contributed by atoms with Crippen molar-refractivity contribution in [1.29, 1.82) is 0 Å². The number of rotatable bonds is 42. The Kier molecular flexibility index (Phi) is 38.9. The van der Waals surface area contributed by atoms with Crippen LogP contribution in [0.2, 0.25) is 0 Å². The Hall–Kier alpha value is -1.21. The van der Waals surface area contributed by atoms with Crippen LogP contribution < -0.4 is 0 Å². The fraction of sp³-hybridized carbons (Fsp3) is 0.688. The number of fused-ring (bicyclic) bond motifs is 2. The van der Waals surface area contributed by atoms with Crippen LogP contribution in [0, 0.1) is 0 Å². The van der Waals surface area contributed by atoms with Crippen LogP contribution in [0.5, 0.6) is 0 Å². The zero-order chi connectivity index (χ0) is 52.1. The Balaban J connectivity index is 0.000000493. The Morgan fingerprint density at radius 1 is 0.301 bits per heavy atom. The molecule has 0 bridgehead atoms. The summed E-state index contributed by atoms with van der Waals surface area (Å²) in [5.41, 5.74) is 5.09. The van der Waals surface area contributed by atoms with Crippen molar-refractivity contribution in [3.8, 4) is 0 Å². The molecule has 0 atom stereocenters. The molecule has 0 fully saturated rings. The van der Waals surface area contributed by atoms with Crippen molar-refractivity contribution in [3.63, 3.8) is 0 Å². The molecule has 0 unspecified atom stereocenters. The van der Waals surface area contributed by atoms with Crippen molar-refractivity contribution in [2.45, 2.75) is 294 Å². The molecule has 0 aromatic heterocycles. The second-order valence-electron chi connectivity index (χ2n) is 21.5. The van der Waals surface area contributed by atoms with Gasteiger partial charge < -0.3 is 9.11 Å². The third-order valence-corrected chi connectivity index (χ3v) is 16.6. The maximum atomic E-state index is 11.6. The van der Waals surface area contributed by atoms with E-state index in [9.17, 15) is 25.9 Å². The molecule has 0 spiro atoms. The Morgan fingerprint density at radius 2 is 0.534 bits per heavy atom. The third-order valence-electron chi connectivity index (χ3n) is 15.0. The molecule has 4 rings (SSSR count). The minimum Gasteiger partial charge on any atom is -0.744 e. The molecular weight excluding hydrogens is 1070 g/mol. The first-order valence-electron chi connectivity index (χ1n) is 29.9. The molecule has 0 saturated carbocycles. The maximum absolute atomic E-state index is 11.6. The predicted molar refractivity (Wildman–Crippen MR) is 313 cm³/mol. The minimum absolute atomic E-state index is 0. The summed E-state index contributed by atoms with van der Waals surface area (Å²) in [6.07, 6.45) is 51.0. The molecule has 0 aliphatic heterocycles. The summed E-state index contributed by atoms with van der Waals surface area (Å²) in [7, 11) is -8.89. The van der Waals surface area contributed by atoms with E-state index in [0.29, 0.717) is 0 Å². The van der Waals surface area contributed by atoms with Gasteiger partial charge in [-0.15, -0.1) is 0 Å². The van der Waals surface area contributed by atoms with Crippen LogP contribution in [0.4, 0.5) is 0 Å². The number of benzene rings is 4. The summed E-state index contributed by atoms with van der Waals surface area (Å²) < 4.78 is 69.8. The van der Waals surface area contributed by atoms with Gasteiger partial charge in [-0.3, -0.25) is 0 Å². The van der Waals surface area contributed by atoms with Gasteiger partial charge in [0, 0.05) is 0 Å². The van der Waals surface area contributed by atoms with Gasteiger partial charge >= 0.3 is 48.9 Å². The van der Waals surface area contributed by atoms with Gasteiger partial charge in [0.25, 0.3) is 0 Å². The van der Waals surface area contributed by atoms with E-state index in [1.807, 2.05) is 12.1 Å².